The lowest BCUT2D eigenvalue weighted by atomic mass is 10.3. The fourth-order valence-electron chi connectivity index (χ4n) is 1.35. The number of ether oxygens (including phenoxy) is 1. The van der Waals surface area contributed by atoms with Gasteiger partial charge in [-0.05, 0) is 25.1 Å². The van der Waals surface area contributed by atoms with E-state index in [4.69, 9.17) is 16.3 Å². The summed E-state index contributed by atoms with van der Waals surface area (Å²) in [5.41, 5.74) is 0. The van der Waals surface area contributed by atoms with Crippen LogP contribution in [0.2, 0.25) is 5.15 Å². The largest absolute Gasteiger partial charge is 0.487 e. The van der Waals surface area contributed by atoms with Gasteiger partial charge in [0.15, 0.2) is 0 Å². The fourth-order valence-corrected chi connectivity index (χ4v) is 1.46. The minimum absolute atomic E-state index is 0.281. The molecule has 0 radical (unpaired) electrons. The normalized spacial score (nSPS) is 21.8. The van der Waals surface area contributed by atoms with Gasteiger partial charge in [0.1, 0.15) is 17.0 Å². The summed E-state index contributed by atoms with van der Waals surface area (Å²) in [4.78, 5) is 3.94. The van der Waals surface area contributed by atoms with Crippen molar-refractivity contribution in [2.45, 2.75) is 12.5 Å². The third kappa shape index (κ3) is 2.32. The van der Waals surface area contributed by atoms with E-state index in [0.717, 1.165) is 25.3 Å². The van der Waals surface area contributed by atoms with Gasteiger partial charge in [0.05, 0.1) is 6.20 Å². The first-order valence-electron chi connectivity index (χ1n) is 4.33. The predicted molar refractivity (Wildman–Crippen MR) is 51.1 cm³/mol. The average Bonchev–Trinajstić information content (AvgIpc) is 2.62. The highest BCUT2D eigenvalue weighted by Crippen LogP contribution is 2.15. The van der Waals surface area contributed by atoms with Gasteiger partial charge in [-0.1, -0.05) is 11.6 Å². The maximum absolute atomic E-state index is 5.65. The minimum Gasteiger partial charge on any atom is -0.487 e. The predicted octanol–water partition coefficient (Wildman–Crippen LogP) is 1.48. The molecular formula is C9H11ClN2O. The summed E-state index contributed by atoms with van der Waals surface area (Å²) in [6.45, 7) is 1.95. The number of nitrogens with zero attached hydrogens (tertiary/aromatic N) is 1. The van der Waals surface area contributed by atoms with Crippen molar-refractivity contribution >= 4 is 11.6 Å². The number of hydrogen-bond donors (Lipinski definition) is 1. The molecule has 13 heavy (non-hydrogen) atoms. The molecule has 1 aliphatic rings. The molecule has 0 saturated carbocycles. The van der Waals surface area contributed by atoms with Gasteiger partial charge in [-0.15, -0.1) is 0 Å². The van der Waals surface area contributed by atoms with Crippen LogP contribution in [0.1, 0.15) is 6.42 Å². The molecular weight excluding hydrogens is 188 g/mol. The van der Waals surface area contributed by atoms with Crippen LogP contribution in [0.25, 0.3) is 0 Å². The highest BCUT2D eigenvalue weighted by molar-refractivity contribution is 6.29. The van der Waals surface area contributed by atoms with Crippen LogP contribution in [0.5, 0.6) is 5.75 Å². The van der Waals surface area contributed by atoms with E-state index in [0.29, 0.717) is 5.15 Å². The first kappa shape index (κ1) is 8.78. The number of rotatable bonds is 2. The highest BCUT2D eigenvalue weighted by atomic mass is 35.5. The van der Waals surface area contributed by atoms with Crippen LogP contribution in [0.4, 0.5) is 0 Å². The number of nitrogens with one attached hydrogen (secondary N) is 1. The molecule has 2 rings (SSSR count). The molecule has 3 nitrogen and oxygen atoms in total. The molecule has 0 aliphatic carbocycles. The summed E-state index contributed by atoms with van der Waals surface area (Å²) in [7, 11) is 0. The van der Waals surface area contributed by atoms with Crippen LogP contribution in [0, 0.1) is 0 Å². The third-order valence-corrected chi connectivity index (χ3v) is 2.24. The Bertz CT molecular complexity index is 269. The lowest BCUT2D eigenvalue weighted by Gasteiger charge is -2.11. The van der Waals surface area contributed by atoms with E-state index in [9.17, 15) is 0 Å². The number of pyridine rings is 1. The van der Waals surface area contributed by atoms with E-state index < -0.39 is 0 Å². The lowest BCUT2D eigenvalue weighted by molar-refractivity contribution is 0.222. The summed E-state index contributed by atoms with van der Waals surface area (Å²) < 4.78 is 5.65. The standard InChI is InChI=1S/C9H11ClN2O/c10-9-2-1-7(6-12-9)13-8-3-4-11-5-8/h1-2,6,8,11H,3-5H2/t8-/m0/s1. The van der Waals surface area contributed by atoms with Crippen LogP contribution in [0.15, 0.2) is 18.3 Å². The van der Waals surface area contributed by atoms with Gasteiger partial charge in [0.2, 0.25) is 0 Å². The summed E-state index contributed by atoms with van der Waals surface area (Å²) in [5.74, 6) is 0.790. The van der Waals surface area contributed by atoms with Crippen molar-refractivity contribution in [2.75, 3.05) is 13.1 Å². The van der Waals surface area contributed by atoms with Gasteiger partial charge >= 0.3 is 0 Å². The first-order chi connectivity index (χ1) is 6.34. The van der Waals surface area contributed by atoms with Gasteiger partial charge in [-0.25, -0.2) is 4.98 Å². The zero-order valence-electron chi connectivity index (χ0n) is 7.16. The van der Waals surface area contributed by atoms with Crippen LogP contribution >= 0.6 is 11.6 Å². The van der Waals surface area contributed by atoms with Crippen LogP contribution in [-0.4, -0.2) is 24.2 Å². The quantitative estimate of drug-likeness (QED) is 0.731. The molecule has 0 bridgehead atoms. The van der Waals surface area contributed by atoms with Crippen molar-refractivity contribution in [3.05, 3.63) is 23.5 Å². The average molecular weight is 199 g/mol. The Morgan fingerprint density at radius 1 is 1.54 bits per heavy atom. The van der Waals surface area contributed by atoms with Crippen molar-refractivity contribution in [3.63, 3.8) is 0 Å². The third-order valence-electron chi connectivity index (χ3n) is 2.02. The van der Waals surface area contributed by atoms with Crippen molar-refractivity contribution in [2.24, 2.45) is 0 Å². The molecule has 70 valence electrons. The van der Waals surface area contributed by atoms with E-state index in [1.807, 2.05) is 6.07 Å². The van der Waals surface area contributed by atoms with Crippen molar-refractivity contribution in [1.82, 2.24) is 10.3 Å². The van der Waals surface area contributed by atoms with Crippen molar-refractivity contribution < 1.29 is 4.74 Å². The van der Waals surface area contributed by atoms with Crippen LogP contribution in [0.3, 0.4) is 0 Å². The Labute approximate surface area is 82.1 Å². The summed E-state index contributed by atoms with van der Waals surface area (Å²) >= 11 is 5.65. The SMILES string of the molecule is Clc1ccc(O[C@H]2CCNC2)cn1. The molecule has 2 heterocycles. The van der Waals surface area contributed by atoms with E-state index in [1.54, 1.807) is 12.3 Å². The molecule has 4 heteroatoms. The Morgan fingerprint density at radius 3 is 3.08 bits per heavy atom. The molecule has 0 aromatic carbocycles. The number of aromatic nitrogens is 1. The van der Waals surface area contributed by atoms with Gasteiger partial charge in [-0.3, -0.25) is 0 Å². The monoisotopic (exact) mass is 198 g/mol. The van der Waals surface area contributed by atoms with E-state index in [1.165, 1.54) is 0 Å². The minimum atomic E-state index is 0.281. The van der Waals surface area contributed by atoms with Gasteiger partial charge in [0, 0.05) is 6.54 Å². The molecule has 1 atom stereocenters. The van der Waals surface area contributed by atoms with Crippen LogP contribution < -0.4 is 10.1 Å². The first-order valence-corrected chi connectivity index (χ1v) is 4.71. The molecule has 1 saturated heterocycles. The Kier molecular flexibility index (Phi) is 2.66. The topological polar surface area (TPSA) is 34.1 Å². The lowest BCUT2D eigenvalue weighted by Crippen LogP contribution is -2.19. The summed E-state index contributed by atoms with van der Waals surface area (Å²) in [5, 5.41) is 3.73. The van der Waals surface area contributed by atoms with Crippen molar-refractivity contribution in [1.29, 1.82) is 0 Å². The Balaban J connectivity index is 1.97. The van der Waals surface area contributed by atoms with Crippen molar-refractivity contribution in [3.8, 4) is 5.75 Å². The second kappa shape index (κ2) is 3.94. The molecule has 1 aromatic heterocycles. The highest BCUT2D eigenvalue weighted by Gasteiger charge is 2.15. The van der Waals surface area contributed by atoms with Crippen LogP contribution in [-0.2, 0) is 0 Å². The second-order valence-corrected chi connectivity index (χ2v) is 3.44. The number of hydrogen-bond acceptors (Lipinski definition) is 3. The number of halogens is 1. The summed E-state index contributed by atoms with van der Waals surface area (Å²) in [6.07, 6.45) is 2.99. The smallest absolute Gasteiger partial charge is 0.138 e. The zero-order valence-corrected chi connectivity index (χ0v) is 7.92. The van der Waals surface area contributed by atoms with Gasteiger partial charge in [0.25, 0.3) is 0 Å². The Morgan fingerprint density at radius 2 is 2.46 bits per heavy atom. The van der Waals surface area contributed by atoms with E-state index in [2.05, 4.69) is 10.3 Å². The molecule has 0 spiro atoms. The Hall–Kier alpha value is -0.800. The fraction of sp³-hybridized carbons (Fsp3) is 0.444. The maximum Gasteiger partial charge on any atom is 0.138 e. The molecule has 0 unspecified atom stereocenters. The van der Waals surface area contributed by atoms with E-state index in [-0.39, 0.29) is 6.10 Å². The molecule has 1 N–H and O–H groups in total. The molecule has 1 aliphatic heterocycles. The maximum atomic E-state index is 5.65. The molecule has 1 fully saturated rings. The van der Waals surface area contributed by atoms with Gasteiger partial charge in [-0.2, -0.15) is 0 Å². The summed E-state index contributed by atoms with van der Waals surface area (Å²) in [6, 6.07) is 3.58. The second-order valence-electron chi connectivity index (χ2n) is 3.05. The van der Waals surface area contributed by atoms with Gasteiger partial charge < -0.3 is 10.1 Å². The van der Waals surface area contributed by atoms with E-state index >= 15 is 0 Å². The molecule has 0 amide bonds. The molecule has 1 aromatic rings. The zero-order chi connectivity index (χ0) is 9.10.